The summed E-state index contributed by atoms with van der Waals surface area (Å²) in [5.41, 5.74) is 6.48. The molecule has 0 atom stereocenters. The molecule has 2 aromatic carbocycles. The van der Waals surface area contributed by atoms with Crippen LogP contribution in [0.25, 0.3) is 0 Å². The van der Waals surface area contributed by atoms with Gasteiger partial charge in [-0.3, -0.25) is 0 Å². The van der Waals surface area contributed by atoms with E-state index in [0.717, 1.165) is 47.9 Å². The highest BCUT2D eigenvalue weighted by atomic mass is 16.3. The smallest absolute Gasteiger partial charge is 0.122 e. The number of phenolic OH excluding ortho intramolecular Hbond substituents is 2. The zero-order valence-corrected chi connectivity index (χ0v) is 21.9. The molecule has 2 aromatic rings. The maximum atomic E-state index is 11.3. The van der Waals surface area contributed by atoms with E-state index in [0.29, 0.717) is 35.2 Å². The fraction of sp³-hybridized carbons (Fsp3) is 0.600. The molecule has 0 aromatic heterocycles. The lowest BCUT2D eigenvalue weighted by Crippen LogP contribution is -2.07. The van der Waals surface area contributed by atoms with Crippen LogP contribution in [0.4, 0.5) is 0 Å². The number of aromatic hydroxyl groups is 2. The number of hydrogen-bond donors (Lipinski definition) is 2. The van der Waals surface area contributed by atoms with Gasteiger partial charge < -0.3 is 10.2 Å². The van der Waals surface area contributed by atoms with Crippen molar-refractivity contribution < 1.29 is 10.2 Å². The number of phenols is 2. The van der Waals surface area contributed by atoms with E-state index in [1.807, 2.05) is 0 Å². The molecule has 178 valence electrons. The minimum absolute atomic E-state index is 0.0777. The van der Waals surface area contributed by atoms with Crippen LogP contribution in [0.1, 0.15) is 102 Å². The summed E-state index contributed by atoms with van der Waals surface area (Å²) < 4.78 is 0. The molecule has 0 aliphatic carbocycles. The first kappa shape index (κ1) is 26.3. The van der Waals surface area contributed by atoms with Crippen LogP contribution >= 0.6 is 0 Å². The fourth-order valence-corrected chi connectivity index (χ4v) is 4.77. The highest BCUT2D eigenvalue weighted by Crippen LogP contribution is 2.41. The van der Waals surface area contributed by atoms with Gasteiger partial charge in [0.1, 0.15) is 11.5 Å². The molecular formula is C30H46O2. The monoisotopic (exact) mass is 438 g/mol. The summed E-state index contributed by atoms with van der Waals surface area (Å²) in [4.78, 5) is 0. The second-order valence-electron chi connectivity index (χ2n) is 11.5. The third-order valence-corrected chi connectivity index (χ3v) is 6.03. The molecule has 0 bridgehead atoms. The number of rotatable bonds is 10. The van der Waals surface area contributed by atoms with Crippen molar-refractivity contribution in [1.82, 2.24) is 0 Å². The molecule has 2 N–H and O–H groups in total. The van der Waals surface area contributed by atoms with Crippen LogP contribution in [0.3, 0.4) is 0 Å². The summed E-state index contributed by atoms with van der Waals surface area (Å²) in [6.07, 6.45) is 3.69. The van der Waals surface area contributed by atoms with Crippen LogP contribution in [-0.4, -0.2) is 10.2 Å². The van der Waals surface area contributed by atoms with Crippen molar-refractivity contribution in [2.45, 2.75) is 93.9 Å². The summed E-state index contributed by atoms with van der Waals surface area (Å²) in [6, 6.07) is 8.70. The quantitative estimate of drug-likeness (QED) is 0.394. The Morgan fingerprint density at radius 1 is 0.500 bits per heavy atom. The Morgan fingerprint density at radius 3 is 1.09 bits per heavy atom. The molecule has 0 heterocycles. The number of benzene rings is 2. The summed E-state index contributed by atoms with van der Waals surface area (Å²) >= 11 is 0. The predicted molar refractivity (Wildman–Crippen MR) is 138 cm³/mol. The Labute approximate surface area is 197 Å². The van der Waals surface area contributed by atoms with E-state index < -0.39 is 0 Å². The molecule has 0 fully saturated rings. The maximum absolute atomic E-state index is 11.3. The fourth-order valence-electron chi connectivity index (χ4n) is 4.77. The summed E-state index contributed by atoms with van der Waals surface area (Å²) in [5.74, 6) is 2.77. The molecule has 0 amide bonds. The highest BCUT2D eigenvalue weighted by molar-refractivity contribution is 5.54. The molecule has 0 aliphatic rings. The molecule has 0 unspecified atom stereocenters. The topological polar surface area (TPSA) is 40.5 Å². The van der Waals surface area contributed by atoms with Crippen LogP contribution in [0, 0.1) is 23.7 Å². The Morgan fingerprint density at radius 2 is 0.812 bits per heavy atom. The van der Waals surface area contributed by atoms with Crippen molar-refractivity contribution in [3.05, 3.63) is 57.6 Å². The lowest BCUT2D eigenvalue weighted by atomic mass is 9.83. The lowest BCUT2D eigenvalue weighted by Gasteiger charge is -2.23. The zero-order valence-electron chi connectivity index (χ0n) is 21.9. The van der Waals surface area contributed by atoms with E-state index in [1.54, 1.807) is 0 Å². The first-order valence-electron chi connectivity index (χ1n) is 12.6. The maximum Gasteiger partial charge on any atom is 0.122 e. The van der Waals surface area contributed by atoms with Crippen molar-refractivity contribution in [3.63, 3.8) is 0 Å². The van der Waals surface area contributed by atoms with Crippen LogP contribution in [0.2, 0.25) is 0 Å². The lowest BCUT2D eigenvalue weighted by molar-refractivity contribution is 0.443. The summed E-state index contributed by atoms with van der Waals surface area (Å²) in [6.45, 7) is 19.8. The average molecular weight is 439 g/mol. The molecule has 0 saturated carbocycles. The van der Waals surface area contributed by atoms with Gasteiger partial charge in [-0.15, -0.1) is 0 Å². The minimum atomic E-state index is -0.0777. The van der Waals surface area contributed by atoms with Gasteiger partial charge in [0, 0.05) is 17.0 Å². The molecule has 0 saturated heterocycles. The first-order chi connectivity index (χ1) is 14.9. The molecule has 0 radical (unpaired) electrons. The molecule has 0 spiro atoms. The Balaban J connectivity index is 2.64. The van der Waals surface area contributed by atoms with E-state index >= 15 is 0 Å². The van der Waals surface area contributed by atoms with E-state index in [4.69, 9.17) is 0 Å². The molecule has 32 heavy (non-hydrogen) atoms. The van der Waals surface area contributed by atoms with Crippen LogP contribution in [0.5, 0.6) is 11.5 Å². The van der Waals surface area contributed by atoms with Crippen LogP contribution in [0.15, 0.2) is 24.3 Å². The largest absolute Gasteiger partial charge is 0.507 e. The minimum Gasteiger partial charge on any atom is -0.507 e. The van der Waals surface area contributed by atoms with E-state index in [9.17, 15) is 10.2 Å². The molecule has 2 rings (SSSR count). The van der Waals surface area contributed by atoms with Crippen LogP contribution in [-0.2, 0) is 25.7 Å². The van der Waals surface area contributed by atoms with Gasteiger partial charge in [-0.1, -0.05) is 86.6 Å². The Kier molecular flexibility index (Phi) is 9.25. The van der Waals surface area contributed by atoms with Crippen molar-refractivity contribution in [1.29, 1.82) is 0 Å². The van der Waals surface area contributed by atoms with Crippen molar-refractivity contribution >= 4 is 0 Å². The first-order valence-corrected chi connectivity index (χ1v) is 12.6. The third-order valence-electron chi connectivity index (χ3n) is 6.03. The second kappa shape index (κ2) is 11.3. The molecular weight excluding hydrogens is 392 g/mol. The van der Waals surface area contributed by atoms with Gasteiger partial charge in [0.25, 0.3) is 0 Å². The van der Waals surface area contributed by atoms with Gasteiger partial charge in [0.05, 0.1) is 0 Å². The van der Waals surface area contributed by atoms with Crippen molar-refractivity contribution in [3.8, 4) is 11.5 Å². The normalized spacial score (nSPS) is 12.2. The Hall–Kier alpha value is -1.96. The zero-order chi connectivity index (χ0) is 24.2. The SMILES string of the molecule is CC(C)Cc1cc(CC(C)C)c(O)c(C(C)c2cc(CC(C)C)cc(CC(C)C)c2O)c1. The van der Waals surface area contributed by atoms with E-state index in [1.165, 1.54) is 11.1 Å². The summed E-state index contributed by atoms with van der Waals surface area (Å²) in [5, 5.41) is 22.5. The summed E-state index contributed by atoms with van der Waals surface area (Å²) in [7, 11) is 0. The Bertz CT molecular complexity index is 817. The van der Waals surface area contributed by atoms with Crippen molar-refractivity contribution in [2.24, 2.45) is 23.7 Å². The molecule has 0 aliphatic heterocycles. The number of hydrogen-bond acceptors (Lipinski definition) is 2. The van der Waals surface area contributed by atoms with Gasteiger partial charge in [0.15, 0.2) is 0 Å². The van der Waals surface area contributed by atoms with E-state index in [-0.39, 0.29) is 5.92 Å². The van der Waals surface area contributed by atoms with E-state index in [2.05, 4.69) is 86.6 Å². The highest BCUT2D eigenvalue weighted by Gasteiger charge is 2.23. The molecule has 2 heteroatoms. The van der Waals surface area contributed by atoms with Crippen LogP contribution < -0.4 is 0 Å². The predicted octanol–water partition coefficient (Wildman–Crippen LogP) is 8.04. The van der Waals surface area contributed by atoms with Gasteiger partial charge in [-0.25, -0.2) is 0 Å². The van der Waals surface area contributed by atoms with Gasteiger partial charge in [-0.2, -0.15) is 0 Å². The molecule has 2 nitrogen and oxygen atoms in total. The van der Waals surface area contributed by atoms with Gasteiger partial charge >= 0.3 is 0 Å². The third kappa shape index (κ3) is 7.02. The standard InChI is InChI=1S/C30H46O2/c1-18(2)10-23-14-25(12-20(5)6)29(31)27(16-23)22(9)28-17-24(11-19(3)4)15-26(30(28)32)13-21(7)8/h14-22,31-32H,10-13H2,1-9H3. The average Bonchev–Trinajstić information content (AvgIpc) is 2.64. The van der Waals surface area contributed by atoms with Gasteiger partial charge in [0.2, 0.25) is 0 Å². The van der Waals surface area contributed by atoms with Crippen molar-refractivity contribution in [2.75, 3.05) is 0 Å². The second-order valence-corrected chi connectivity index (χ2v) is 11.5. The van der Waals surface area contributed by atoms with Gasteiger partial charge in [-0.05, 0) is 71.6 Å².